The summed E-state index contributed by atoms with van der Waals surface area (Å²) in [7, 11) is 0. The summed E-state index contributed by atoms with van der Waals surface area (Å²) in [4.78, 5) is 0. The van der Waals surface area contributed by atoms with Crippen LogP contribution in [0.1, 0.15) is 12.5 Å². The van der Waals surface area contributed by atoms with E-state index in [2.05, 4.69) is 0 Å². The Balaban J connectivity index is 2.29. The number of rotatable bonds is 2. The van der Waals surface area contributed by atoms with Gasteiger partial charge < -0.3 is 0 Å². The fourth-order valence-electron chi connectivity index (χ4n) is 1.25. The molecule has 0 amide bonds. The summed E-state index contributed by atoms with van der Waals surface area (Å²) in [5, 5.41) is 0. The van der Waals surface area contributed by atoms with E-state index in [0.29, 0.717) is 6.05 Å². The second-order valence-electron chi connectivity index (χ2n) is 3.07. The molecule has 0 heterocycles. The molecule has 0 unspecified atom stereocenters. The van der Waals surface area contributed by atoms with Gasteiger partial charge in [-0.25, -0.2) is 0 Å². The van der Waals surface area contributed by atoms with Gasteiger partial charge in [0.1, 0.15) is 0 Å². The van der Waals surface area contributed by atoms with Crippen molar-refractivity contribution < 1.29 is 1.37 Å². The molecule has 0 saturated carbocycles. The van der Waals surface area contributed by atoms with Gasteiger partial charge >= 0.3 is 0 Å². The summed E-state index contributed by atoms with van der Waals surface area (Å²) >= 11 is 0. The topological polar surface area (TPSA) is 0 Å². The van der Waals surface area contributed by atoms with Crippen LogP contribution in [0.2, 0.25) is 0 Å². The Bertz CT molecular complexity index is 443. The second-order valence-corrected chi connectivity index (χ2v) is 3.07. The van der Waals surface area contributed by atoms with E-state index in [4.69, 9.17) is 1.37 Å². The van der Waals surface area contributed by atoms with E-state index >= 15 is 0 Å². The van der Waals surface area contributed by atoms with Crippen molar-refractivity contribution in [2.45, 2.75) is 0 Å². The van der Waals surface area contributed by atoms with E-state index in [-0.39, 0.29) is 0 Å². The Morgan fingerprint density at radius 2 is 1.21 bits per heavy atom. The summed E-state index contributed by atoms with van der Waals surface area (Å²) in [5.74, 6) is 0. The maximum absolute atomic E-state index is 7.91. The van der Waals surface area contributed by atoms with Crippen LogP contribution in [-0.2, 0) is 0 Å². The van der Waals surface area contributed by atoms with Crippen LogP contribution < -0.4 is 0 Å². The Labute approximate surface area is 85.9 Å². The van der Waals surface area contributed by atoms with Gasteiger partial charge in [0.05, 0.1) is 1.37 Å². The molecule has 68 valence electrons. The lowest BCUT2D eigenvalue weighted by Crippen LogP contribution is -1.70. The minimum atomic E-state index is 0.543. The maximum Gasteiger partial charge on any atom is 0.0629 e. The molecule has 0 aliphatic heterocycles. The molecule has 0 aliphatic carbocycles. The van der Waals surface area contributed by atoms with Crippen molar-refractivity contribution in [3.63, 3.8) is 0 Å². The van der Waals surface area contributed by atoms with Crippen LogP contribution in [0.25, 0.3) is 12.1 Å². The fourth-order valence-corrected chi connectivity index (χ4v) is 1.25. The van der Waals surface area contributed by atoms with Gasteiger partial charge in [0.2, 0.25) is 0 Å². The second kappa shape index (κ2) is 4.43. The monoisotopic (exact) mass is 181 g/mol. The zero-order valence-electron chi connectivity index (χ0n) is 8.85. The normalized spacial score (nSPS) is 12.3. The van der Waals surface area contributed by atoms with Crippen molar-refractivity contribution >= 4 is 12.1 Å². The molecular formula is C14H12. The van der Waals surface area contributed by atoms with Crippen LogP contribution in [0.15, 0.2) is 60.7 Å². The highest BCUT2D eigenvalue weighted by Crippen LogP contribution is 2.06. The molecule has 0 nitrogen and oxygen atoms in total. The Morgan fingerprint density at radius 1 is 0.714 bits per heavy atom. The molecule has 0 heteroatoms. The van der Waals surface area contributed by atoms with E-state index in [9.17, 15) is 0 Å². The zero-order valence-corrected chi connectivity index (χ0v) is 7.85. The van der Waals surface area contributed by atoms with E-state index in [0.717, 1.165) is 11.1 Å². The smallest absolute Gasteiger partial charge is 0.0622 e. The summed E-state index contributed by atoms with van der Waals surface area (Å²) in [6.07, 6.45) is 1.87. The molecule has 0 fully saturated rings. The third-order valence-corrected chi connectivity index (χ3v) is 1.98. The first kappa shape index (κ1) is 7.57. The van der Waals surface area contributed by atoms with Crippen molar-refractivity contribution in [3.05, 3.63) is 71.8 Å². The molecule has 0 aromatic heterocycles. The predicted octanol–water partition coefficient (Wildman–Crippen LogP) is 3.86. The maximum atomic E-state index is 7.91. The van der Waals surface area contributed by atoms with Crippen LogP contribution >= 0.6 is 0 Å². The van der Waals surface area contributed by atoms with Crippen molar-refractivity contribution in [3.8, 4) is 0 Å². The van der Waals surface area contributed by atoms with E-state index in [1.165, 1.54) is 0 Å². The Kier molecular flexibility index (Phi) is 2.39. The van der Waals surface area contributed by atoms with E-state index < -0.39 is 0 Å². The Hall–Kier alpha value is -1.82. The molecule has 0 radical (unpaired) electrons. The van der Waals surface area contributed by atoms with Crippen molar-refractivity contribution in [1.82, 2.24) is 0 Å². The molecule has 0 N–H and O–H groups in total. The first-order chi connectivity index (χ1) is 7.36. The van der Waals surface area contributed by atoms with Gasteiger partial charge in [-0.3, -0.25) is 0 Å². The predicted molar refractivity (Wildman–Crippen MR) is 61.8 cm³/mol. The summed E-state index contributed by atoms with van der Waals surface area (Å²) in [6.45, 7) is 0. The quantitative estimate of drug-likeness (QED) is 0.617. The van der Waals surface area contributed by atoms with Crippen LogP contribution in [-0.4, -0.2) is 0 Å². The summed E-state index contributed by atoms with van der Waals surface area (Å²) in [6, 6.07) is 20.2. The highest BCUT2D eigenvalue weighted by molar-refractivity contribution is 5.69. The lowest BCUT2D eigenvalue weighted by Gasteiger charge is -1.92. The number of benzene rings is 2. The summed E-state index contributed by atoms with van der Waals surface area (Å²) < 4.78 is 7.91. The van der Waals surface area contributed by atoms with Gasteiger partial charge in [-0.15, -0.1) is 0 Å². The largest absolute Gasteiger partial charge is 0.0629 e. The van der Waals surface area contributed by atoms with Crippen molar-refractivity contribution in [1.29, 1.82) is 0 Å². The molecule has 2 aromatic rings. The van der Waals surface area contributed by atoms with E-state index in [1.807, 2.05) is 66.7 Å². The number of hydrogen-bond acceptors (Lipinski definition) is 0. The van der Waals surface area contributed by atoms with Gasteiger partial charge in [0.25, 0.3) is 0 Å². The van der Waals surface area contributed by atoms with E-state index in [1.54, 1.807) is 0 Å². The average Bonchev–Trinajstić information content (AvgIpc) is 2.31. The van der Waals surface area contributed by atoms with Gasteiger partial charge in [-0.1, -0.05) is 72.8 Å². The van der Waals surface area contributed by atoms with Crippen molar-refractivity contribution in [2.75, 3.05) is 0 Å². The minimum absolute atomic E-state index is 0.543. The van der Waals surface area contributed by atoms with Gasteiger partial charge in [-0.05, 0) is 11.1 Å². The lowest BCUT2D eigenvalue weighted by molar-refractivity contribution is 1.65. The Morgan fingerprint density at radius 3 is 1.79 bits per heavy atom. The zero-order chi connectivity index (χ0) is 10.5. The first-order valence-electron chi connectivity index (χ1n) is 5.15. The van der Waals surface area contributed by atoms with Gasteiger partial charge in [0, 0.05) is 0 Å². The first-order valence-corrected chi connectivity index (χ1v) is 4.65. The molecule has 0 bridgehead atoms. The molecular weight excluding hydrogens is 168 g/mol. The van der Waals surface area contributed by atoms with Crippen LogP contribution in [0, 0.1) is 0 Å². The molecule has 0 saturated heterocycles. The molecule has 2 aromatic carbocycles. The van der Waals surface area contributed by atoms with Gasteiger partial charge in [0.15, 0.2) is 0 Å². The molecule has 0 aliphatic rings. The minimum Gasteiger partial charge on any atom is -0.0622 e. The third kappa shape index (κ3) is 2.33. The molecule has 0 atom stereocenters. The SMILES string of the molecule is [2H]/C(=C/c1ccccc1)c1ccccc1. The van der Waals surface area contributed by atoms with Crippen molar-refractivity contribution in [2.24, 2.45) is 0 Å². The highest BCUT2D eigenvalue weighted by atomic mass is 13.9. The van der Waals surface area contributed by atoms with Crippen LogP contribution in [0.4, 0.5) is 0 Å². The van der Waals surface area contributed by atoms with Crippen LogP contribution in [0.3, 0.4) is 0 Å². The summed E-state index contributed by atoms with van der Waals surface area (Å²) in [5.41, 5.74) is 2.01. The third-order valence-electron chi connectivity index (χ3n) is 1.98. The number of hydrogen-bond donors (Lipinski definition) is 0. The molecule has 0 spiro atoms. The average molecular weight is 181 g/mol. The highest BCUT2D eigenvalue weighted by Gasteiger charge is 1.84. The standard InChI is InChI=1S/C14H12/c1-3-7-13(8-4-1)11-12-14-9-5-2-6-10-14/h1-12H/b12-11-/i11D. The molecule has 14 heavy (non-hydrogen) atoms. The molecule has 2 rings (SSSR count). The van der Waals surface area contributed by atoms with Crippen LogP contribution in [0.5, 0.6) is 0 Å². The fraction of sp³-hybridized carbons (Fsp3) is 0. The van der Waals surface area contributed by atoms with Gasteiger partial charge in [-0.2, -0.15) is 0 Å². The lowest BCUT2D eigenvalue weighted by atomic mass is 10.1.